The van der Waals surface area contributed by atoms with Gasteiger partial charge in [0.05, 0.1) is 6.04 Å². The lowest BCUT2D eigenvalue weighted by Gasteiger charge is -2.12. The van der Waals surface area contributed by atoms with Crippen molar-refractivity contribution in [1.82, 2.24) is 0 Å². The molecule has 0 fully saturated rings. The van der Waals surface area contributed by atoms with E-state index in [1.54, 1.807) is 11.8 Å². The van der Waals surface area contributed by atoms with Gasteiger partial charge in [-0.3, -0.25) is 0 Å². The molecule has 0 unspecified atom stereocenters. The predicted octanol–water partition coefficient (Wildman–Crippen LogP) is 3.95. The van der Waals surface area contributed by atoms with Crippen LogP contribution in [-0.2, 0) is 0 Å². The SMILES string of the molecule is C=C[C@H](/C=C/C)Nc1ccc(SC)cc1. The monoisotopic (exact) mass is 219 g/mol. The first-order valence-electron chi connectivity index (χ1n) is 4.96. The van der Waals surface area contributed by atoms with E-state index in [2.05, 4.69) is 48.5 Å². The van der Waals surface area contributed by atoms with Gasteiger partial charge in [-0.1, -0.05) is 18.2 Å². The molecule has 0 aliphatic rings. The van der Waals surface area contributed by atoms with E-state index in [4.69, 9.17) is 0 Å². The molecule has 1 aromatic rings. The highest BCUT2D eigenvalue weighted by Crippen LogP contribution is 2.18. The van der Waals surface area contributed by atoms with Gasteiger partial charge in [0.1, 0.15) is 0 Å². The highest BCUT2D eigenvalue weighted by molar-refractivity contribution is 7.98. The average Bonchev–Trinajstić information content (AvgIpc) is 2.29. The van der Waals surface area contributed by atoms with E-state index in [1.807, 2.05) is 19.1 Å². The van der Waals surface area contributed by atoms with E-state index in [-0.39, 0.29) is 6.04 Å². The summed E-state index contributed by atoms with van der Waals surface area (Å²) in [5, 5.41) is 3.37. The van der Waals surface area contributed by atoms with E-state index in [9.17, 15) is 0 Å². The minimum Gasteiger partial charge on any atom is -0.375 e. The fourth-order valence-electron chi connectivity index (χ4n) is 1.27. The van der Waals surface area contributed by atoms with Gasteiger partial charge >= 0.3 is 0 Å². The minimum atomic E-state index is 0.204. The molecular weight excluding hydrogens is 202 g/mol. The van der Waals surface area contributed by atoms with Gasteiger partial charge in [0.2, 0.25) is 0 Å². The second-order valence-electron chi connectivity index (χ2n) is 3.16. The number of hydrogen-bond donors (Lipinski definition) is 1. The molecule has 0 aliphatic carbocycles. The van der Waals surface area contributed by atoms with Crippen molar-refractivity contribution in [3.05, 3.63) is 49.1 Å². The van der Waals surface area contributed by atoms with Crippen LogP contribution in [0, 0.1) is 0 Å². The number of hydrogen-bond acceptors (Lipinski definition) is 2. The Bertz CT molecular complexity index is 327. The maximum Gasteiger partial charge on any atom is 0.0625 e. The quantitative estimate of drug-likeness (QED) is 0.594. The van der Waals surface area contributed by atoms with Crippen LogP contribution in [0.4, 0.5) is 5.69 Å². The summed E-state index contributed by atoms with van der Waals surface area (Å²) in [6.45, 7) is 5.80. The fourth-order valence-corrected chi connectivity index (χ4v) is 1.68. The second kappa shape index (κ2) is 6.36. The van der Waals surface area contributed by atoms with Crippen molar-refractivity contribution >= 4 is 17.4 Å². The van der Waals surface area contributed by atoms with Crippen LogP contribution in [0.25, 0.3) is 0 Å². The summed E-state index contributed by atoms with van der Waals surface area (Å²) in [5.41, 5.74) is 1.12. The average molecular weight is 219 g/mol. The molecule has 0 bridgehead atoms. The van der Waals surface area contributed by atoms with Gasteiger partial charge in [0, 0.05) is 10.6 Å². The minimum absolute atomic E-state index is 0.204. The first-order chi connectivity index (χ1) is 7.30. The molecule has 0 aliphatic heterocycles. The van der Waals surface area contributed by atoms with Crippen LogP contribution in [0.2, 0.25) is 0 Å². The summed E-state index contributed by atoms with van der Waals surface area (Å²) in [4.78, 5) is 1.28. The molecule has 80 valence electrons. The summed E-state index contributed by atoms with van der Waals surface area (Å²) in [5.74, 6) is 0. The normalized spacial score (nSPS) is 12.7. The van der Waals surface area contributed by atoms with E-state index in [1.165, 1.54) is 4.90 Å². The van der Waals surface area contributed by atoms with Crippen LogP contribution in [0.1, 0.15) is 6.92 Å². The Hall–Kier alpha value is -1.15. The summed E-state index contributed by atoms with van der Waals surface area (Å²) in [6, 6.07) is 8.61. The summed E-state index contributed by atoms with van der Waals surface area (Å²) in [6.07, 6.45) is 8.07. The Morgan fingerprint density at radius 3 is 2.47 bits per heavy atom. The van der Waals surface area contributed by atoms with Crippen molar-refractivity contribution in [1.29, 1.82) is 0 Å². The van der Waals surface area contributed by atoms with Crippen LogP contribution in [0.15, 0.2) is 54.0 Å². The zero-order valence-corrected chi connectivity index (χ0v) is 10.1. The summed E-state index contributed by atoms with van der Waals surface area (Å²) < 4.78 is 0. The van der Waals surface area contributed by atoms with Gasteiger partial charge in [-0.15, -0.1) is 18.3 Å². The summed E-state index contributed by atoms with van der Waals surface area (Å²) in [7, 11) is 0. The molecule has 0 saturated carbocycles. The lowest BCUT2D eigenvalue weighted by molar-refractivity contribution is 1.11. The third-order valence-corrected chi connectivity index (χ3v) is 2.82. The lowest BCUT2D eigenvalue weighted by Crippen LogP contribution is -2.12. The molecule has 1 rings (SSSR count). The number of anilines is 1. The molecule has 0 amide bonds. The Kier molecular flexibility index (Phi) is 5.05. The van der Waals surface area contributed by atoms with Crippen LogP contribution < -0.4 is 5.32 Å². The molecule has 0 saturated heterocycles. The van der Waals surface area contributed by atoms with Gasteiger partial charge in [0.25, 0.3) is 0 Å². The maximum absolute atomic E-state index is 3.79. The van der Waals surface area contributed by atoms with Crippen LogP contribution in [0.3, 0.4) is 0 Å². The standard InChI is InChI=1S/C13H17NS/c1-4-6-11(5-2)14-12-7-9-13(15-3)10-8-12/h4-11,14H,2H2,1,3H3/b6-4+/t11-/m1/s1. The molecule has 0 heterocycles. The van der Waals surface area contributed by atoms with Crippen molar-refractivity contribution in [3.63, 3.8) is 0 Å². The molecule has 0 radical (unpaired) electrons. The molecule has 1 aromatic carbocycles. The van der Waals surface area contributed by atoms with Crippen LogP contribution in [0.5, 0.6) is 0 Å². The first-order valence-corrected chi connectivity index (χ1v) is 6.18. The van der Waals surface area contributed by atoms with E-state index in [0.717, 1.165) is 5.69 Å². The zero-order chi connectivity index (χ0) is 11.1. The van der Waals surface area contributed by atoms with Crippen molar-refractivity contribution in [2.75, 3.05) is 11.6 Å². The lowest BCUT2D eigenvalue weighted by atomic mass is 10.2. The fraction of sp³-hybridized carbons (Fsp3) is 0.231. The molecule has 15 heavy (non-hydrogen) atoms. The number of thioether (sulfide) groups is 1. The number of allylic oxidation sites excluding steroid dienone is 1. The Morgan fingerprint density at radius 2 is 2.00 bits per heavy atom. The van der Waals surface area contributed by atoms with Crippen LogP contribution >= 0.6 is 11.8 Å². The molecule has 1 atom stereocenters. The van der Waals surface area contributed by atoms with Gasteiger partial charge < -0.3 is 5.32 Å². The molecule has 2 heteroatoms. The highest BCUT2D eigenvalue weighted by atomic mass is 32.2. The second-order valence-corrected chi connectivity index (χ2v) is 4.04. The molecule has 1 nitrogen and oxygen atoms in total. The number of rotatable bonds is 5. The predicted molar refractivity (Wildman–Crippen MR) is 70.6 cm³/mol. The van der Waals surface area contributed by atoms with Gasteiger partial charge in [-0.25, -0.2) is 0 Å². The number of benzene rings is 1. The van der Waals surface area contributed by atoms with Crippen molar-refractivity contribution in [2.24, 2.45) is 0 Å². The first kappa shape index (κ1) is 11.9. The third kappa shape index (κ3) is 3.84. The topological polar surface area (TPSA) is 12.0 Å². The molecule has 1 N–H and O–H groups in total. The number of nitrogens with one attached hydrogen (secondary N) is 1. The smallest absolute Gasteiger partial charge is 0.0625 e. The van der Waals surface area contributed by atoms with E-state index >= 15 is 0 Å². The zero-order valence-electron chi connectivity index (χ0n) is 9.23. The highest BCUT2D eigenvalue weighted by Gasteiger charge is 1.98. The molecular formula is C13H17NS. The van der Waals surface area contributed by atoms with Gasteiger partial charge in [0.15, 0.2) is 0 Å². The Morgan fingerprint density at radius 1 is 1.33 bits per heavy atom. The van der Waals surface area contributed by atoms with Gasteiger partial charge in [-0.2, -0.15) is 0 Å². The third-order valence-electron chi connectivity index (χ3n) is 2.08. The Balaban J connectivity index is 2.66. The summed E-state index contributed by atoms with van der Waals surface area (Å²) >= 11 is 1.75. The van der Waals surface area contributed by atoms with Crippen molar-refractivity contribution in [3.8, 4) is 0 Å². The molecule has 0 aromatic heterocycles. The van der Waals surface area contributed by atoms with E-state index in [0.29, 0.717) is 0 Å². The van der Waals surface area contributed by atoms with Crippen molar-refractivity contribution < 1.29 is 0 Å². The largest absolute Gasteiger partial charge is 0.375 e. The van der Waals surface area contributed by atoms with E-state index < -0.39 is 0 Å². The van der Waals surface area contributed by atoms with Gasteiger partial charge in [-0.05, 0) is 37.4 Å². The Labute approximate surface area is 96.3 Å². The molecule has 0 spiro atoms. The van der Waals surface area contributed by atoms with Crippen molar-refractivity contribution in [2.45, 2.75) is 17.9 Å². The maximum atomic E-state index is 3.79. The van der Waals surface area contributed by atoms with Crippen LogP contribution in [-0.4, -0.2) is 12.3 Å².